The molecule has 0 atom stereocenters. The number of H-pyrrole nitrogens is 2. The molecule has 7 nitrogen and oxygen atoms in total. The lowest BCUT2D eigenvalue weighted by Gasteiger charge is -2.48. The maximum absolute atomic E-state index is 4.43. The number of nitrogens with one attached hydrogen (secondary N) is 2. The van der Waals surface area contributed by atoms with Crippen LogP contribution in [0.4, 0.5) is 0 Å². The average Bonchev–Trinajstić information content (AvgIpc) is 3.72. The van der Waals surface area contributed by atoms with Gasteiger partial charge in [-0.2, -0.15) is 0 Å². The highest BCUT2D eigenvalue weighted by Gasteiger charge is 2.38. The van der Waals surface area contributed by atoms with E-state index in [1.54, 1.807) is 4.88 Å². The van der Waals surface area contributed by atoms with E-state index in [0.29, 0.717) is 5.41 Å². The number of imidazole rings is 2. The first-order valence-electron chi connectivity index (χ1n) is 14.4. The first-order valence-corrected chi connectivity index (χ1v) is 15.2. The van der Waals surface area contributed by atoms with Crippen molar-refractivity contribution < 1.29 is 0 Å². The molecule has 0 unspecified atom stereocenters. The van der Waals surface area contributed by atoms with Crippen LogP contribution in [0.5, 0.6) is 0 Å². The lowest BCUT2D eigenvalue weighted by atomic mass is 9.72. The van der Waals surface area contributed by atoms with Gasteiger partial charge in [0.1, 0.15) is 11.6 Å². The molecule has 0 saturated carbocycles. The Balaban J connectivity index is 1.02. The third-order valence-electron chi connectivity index (χ3n) is 8.68. The van der Waals surface area contributed by atoms with E-state index in [9.17, 15) is 0 Å². The van der Waals surface area contributed by atoms with Crippen molar-refractivity contribution in [2.75, 3.05) is 26.2 Å². The van der Waals surface area contributed by atoms with Gasteiger partial charge >= 0.3 is 0 Å². The number of aromatic nitrogens is 4. The third kappa shape index (κ3) is 6.87. The number of likely N-dealkylation sites (tertiary alicyclic amines) is 2. The van der Waals surface area contributed by atoms with Crippen LogP contribution in [0.15, 0.2) is 60.5 Å². The van der Waals surface area contributed by atoms with Crippen LogP contribution in [-0.2, 0) is 32.7 Å². The van der Waals surface area contributed by atoms with Crippen molar-refractivity contribution in [3.8, 4) is 0 Å². The van der Waals surface area contributed by atoms with Gasteiger partial charge in [-0.3, -0.25) is 14.7 Å². The lowest BCUT2D eigenvalue weighted by Crippen LogP contribution is -2.49. The fraction of sp³-hybridized carbons (Fsp3) is 0.484. The number of thiophene rings is 1. The van der Waals surface area contributed by atoms with Crippen LogP contribution in [0, 0.1) is 12.3 Å². The standard InChI is InChI=1S/C31H41N7S/c1-25-7-18-39-28(25)21-36-16-9-31(10-17-36)8-2-15-37(24-31)19-26-3-5-27(6-4-26)20-38(22-29-32-11-12-33-29)23-30-34-13-14-35-30/h3-7,11-14,18H,2,8-10,15-17,19-24H2,1H3,(H,32,33)(H,34,35). The second-order valence-corrected chi connectivity index (χ2v) is 12.7. The van der Waals surface area contributed by atoms with Crippen LogP contribution in [0.2, 0.25) is 0 Å². The number of aromatic amines is 2. The van der Waals surface area contributed by atoms with Crippen molar-refractivity contribution in [3.63, 3.8) is 0 Å². The Bertz CT molecular complexity index is 1230. The van der Waals surface area contributed by atoms with Crippen LogP contribution in [-0.4, -0.2) is 60.8 Å². The van der Waals surface area contributed by atoms with Gasteiger partial charge in [-0.15, -0.1) is 11.3 Å². The molecule has 2 aliphatic rings. The number of rotatable bonds is 10. The second kappa shape index (κ2) is 12.2. The third-order valence-corrected chi connectivity index (χ3v) is 9.69. The first-order chi connectivity index (χ1) is 19.1. The Morgan fingerprint density at radius 2 is 1.51 bits per heavy atom. The molecule has 2 N–H and O–H groups in total. The Labute approximate surface area is 236 Å². The molecule has 206 valence electrons. The van der Waals surface area contributed by atoms with E-state index in [1.165, 1.54) is 68.6 Å². The molecule has 2 fully saturated rings. The lowest BCUT2D eigenvalue weighted by molar-refractivity contribution is 0.0188. The topological polar surface area (TPSA) is 67.1 Å². The summed E-state index contributed by atoms with van der Waals surface area (Å²) in [5, 5.41) is 2.24. The summed E-state index contributed by atoms with van der Waals surface area (Å²) in [7, 11) is 0. The van der Waals surface area contributed by atoms with Crippen LogP contribution >= 0.6 is 11.3 Å². The summed E-state index contributed by atoms with van der Waals surface area (Å²) in [5.41, 5.74) is 4.71. The first kappa shape index (κ1) is 26.4. The maximum Gasteiger partial charge on any atom is 0.120 e. The van der Waals surface area contributed by atoms with Crippen LogP contribution in [0.1, 0.15) is 58.9 Å². The summed E-state index contributed by atoms with van der Waals surface area (Å²) in [4.78, 5) is 24.6. The summed E-state index contributed by atoms with van der Waals surface area (Å²) >= 11 is 1.92. The number of nitrogens with zero attached hydrogens (tertiary/aromatic N) is 5. The molecule has 0 amide bonds. The Hall–Kier alpha value is -2.78. The van der Waals surface area contributed by atoms with Gasteiger partial charge in [0.15, 0.2) is 0 Å². The van der Waals surface area contributed by atoms with Gasteiger partial charge in [0.25, 0.3) is 0 Å². The second-order valence-electron chi connectivity index (χ2n) is 11.7. The zero-order valence-electron chi connectivity index (χ0n) is 23.1. The molecule has 1 aromatic carbocycles. The van der Waals surface area contributed by atoms with Gasteiger partial charge < -0.3 is 9.97 Å². The van der Waals surface area contributed by atoms with Crippen molar-refractivity contribution in [1.29, 1.82) is 0 Å². The van der Waals surface area contributed by atoms with Crippen molar-refractivity contribution in [3.05, 3.63) is 93.7 Å². The highest BCUT2D eigenvalue weighted by Crippen LogP contribution is 2.40. The van der Waals surface area contributed by atoms with Crippen molar-refractivity contribution in [1.82, 2.24) is 34.6 Å². The number of aryl methyl sites for hydroxylation is 1. The zero-order chi connectivity index (χ0) is 26.5. The van der Waals surface area contributed by atoms with E-state index in [0.717, 1.165) is 44.4 Å². The van der Waals surface area contributed by atoms with Crippen molar-refractivity contribution >= 4 is 11.3 Å². The number of piperidine rings is 2. The summed E-state index contributed by atoms with van der Waals surface area (Å²) in [6.07, 6.45) is 12.8. The molecule has 39 heavy (non-hydrogen) atoms. The minimum Gasteiger partial charge on any atom is -0.348 e. The van der Waals surface area contributed by atoms with Crippen LogP contribution in [0.3, 0.4) is 0 Å². The molecular formula is C31H41N7S. The number of hydrogen-bond donors (Lipinski definition) is 2. The molecular weight excluding hydrogens is 502 g/mol. The molecule has 0 radical (unpaired) electrons. The van der Waals surface area contributed by atoms with Gasteiger partial charge in [-0.05, 0) is 85.8 Å². The van der Waals surface area contributed by atoms with E-state index in [4.69, 9.17) is 0 Å². The van der Waals surface area contributed by atoms with Crippen molar-refractivity contribution in [2.45, 2.75) is 65.3 Å². The minimum atomic E-state index is 0.511. The molecule has 5 heterocycles. The SMILES string of the molecule is Cc1ccsc1CN1CCC2(CCCN(Cc3ccc(CN(Cc4ncc[nH]4)Cc4ncc[nH]4)cc3)C2)CC1. The van der Waals surface area contributed by atoms with Gasteiger partial charge in [0, 0.05) is 55.8 Å². The number of benzene rings is 1. The summed E-state index contributed by atoms with van der Waals surface area (Å²) in [6, 6.07) is 11.5. The van der Waals surface area contributed by atoms with E-state index in [-0.39, 0.29) is 0 Å². The van der Waals surface area contributed by atoms with Gasteiger partial charge in [-0.25, -0.2) is 9.97 Å². The summed E-state index contributed by atoms with van der Waals surface area (Å²) in [6.45, 7) is 11.8. The molecule has 8 heteroatoms. The summed E-state index contributed by atoms with van der Waals surface area (Å²) in [5.74, 6) is 1.95. The molecule has 2 aliphatic heterocycles. The van der Waals surface area contributed by atoms with E-state index in [2.05, 4.69) is 77.3 Å². The normalized spacial score (nSPS) is 18.3. The Kier molecular flexibility index (Phi) is 8.25. The zero-order valence-corrected chi connectivity index (χ0v) is 23.9. The van der Waals surface area contributed by atoms with Crippen molar-refractivity contribution in [2.24, 2.45) is 5.41 Å². The molecule has 3 aromatic heterocycles. The van der Waals surface area contributed by atoms with E-state index in [1.807, 2.05) is 36.1 Å². The predicted molar refractivity (Wildman–Crippen MR) is 157 cm³/mol. The van der Waals surface area contributed by atoms with E-state index >= 15 is 0 Å². The Morgan fingerprint density at radius 3 is 2.13 bits per heavy atom. The van der Waals surface area contributed by atoms with Gasteiger partial charge in [-0.1, -0.05) is 24.3 Å². The smallest absolute Gasteiger partial charge is 0.120 e. The largest absolute Gasteiger partial charge is 0.348 e. The fourth-order valence-corrected chi connectivity index (χ4v) is 7.38. The summed E-state index contributed by atoms with van der Waals surface area (Å²) < 4.78 is 0. The molecule has 2 saturated heterocycles. The quantitative estimate of drug-likeness (QED) is 0.273. The van der Waals surface area contributed by atoms with Gasteiger partial charge in [0.2, 0.25) is 0 Å². The van der Waals surface area contributed by atoms with E-state index < -0.39 is 0 Å². The van der Waals surface area contributed by atoms with Gasteiger partial charge in [0.05, 0.1) is 13.1 Å². The molecule has 0 bridgehead atoms. The monoisotopic (exact) mass is 543 g/mol. The molecule has 4 aromatic rings. The minimum absolute atomic E-state index is 0.511. The predicted octanol–water partition coefficient (Wildman–Crippen LogP) is 5.58. The highest BCUT2D eigenvalue weighted by molar-refractivity contribution is 7.10. The highest BCUT2D eigenvalue weighted by atomic mass is 32.1. The average molecular weight is 544 g/mol. The molecule has 1 spiro atoms. The van der Waals surface area contributed by atoms with Crippen LogP contribution in [0.25, 0.3) is 0 Å². The van der Waals surface area contributed by atoms with Crippen LogP contribution < -0.4 is 0 Å². The Morgan fingerprint density at radius 1 is 0.821 bits per heavy atom. The maximum atomic E-state index is 4.43. The number of hydrogen-bond acceptors (Lipinski definition) is 6. The fourth-order valence-electron chi connectivity index (χ4n) is 6.43. The molecule has 0 aliphatic carbocycles. The molecule has 6 rings (SSSR count).